The highest BCUT2D eigenvalue weighted by Crippen LogP contribution is 2.42. The van der Waals surface area contributed by atoms with Gasteiger partial charge in [-0.05, 0) is 50.2 Å². The van der Waals surface area contributed by atoms with Crippen LogP contribution in [0.25, 0.3) is 0 Å². The molecule has 3 aliphatic rings. The molecule has 1 unspecified atom stereocenters. The highest BCUT2D eigenvalue weighted by Gasteiger charge is 2.49. The van der Waals surface area contributed by atoms with Crippen molar-refractivity contribution in [3.63, 3.8) is 0 Å². The number of piperidine rings is 2. The van der Waals surface area contributed by atoms with Crippen LogP contribution in [0.3, 0.4) is 0 Å². The van der Waals surface area contributed by atoms with Crippen molar-refractivity contribution in [1.82, 2.24) is 14.8 Å². The third-order valence-electron chi connectivity index (χ3n) is 6.10. The summed E-state index contributed by atoms with van der Waals surface area (Å²) in [7, 11) is 0. The standard InChI is InChI=1S/C20H24N4O3/c21-11-16-9-15(3-6-22-16)18(26)23-7-4-20(5-8-23)10-17(25)13-24(19(20)27)12-14-1-2-14/h3,6,9,14,17,25H,1-2,4-5,7-8,10,12-13H2. The number of amides is 2. The Morgan fingerprint density at radius 1 is 1.37 bits per heavy atom. The number of pyridine rings is 1. The van der Waals surface area contributed by atoms with Crippen LogP contribution in [-0.4, -0.2) is 64.0 Å². The van der Waals surface area contributed by atoms with Gasteiger partial charge < -0.3 is 14.9 Å². The molecule has 3 fully saturated rings. The van der Waals surface area contributed by atoms with Crippen LogP contribution < -0.4 is 0 Å². The predicted molar refractivity (Wildman–Crippen MR) is 96.5 cm³/mol. The van der Waals surface area contributed by atoms with E-state index in [0.29, 0.717) is 50.4 Å². The molecule has 1 aliphatic carbocycles. The number of likely N-dealkylation sites (tertiary alicyclic amines) is 2. The molecular formula is C20H24N4O3. The van der Waals surface area contributed by atoms with Gasteiger partial charge in [0.1, 0.15) is 11.8 Å². The summed E-state index contributed by atoms with van der Waals surface area (Å²) in [6, 6.07) is 5.06. The number of rotatable bonds is 3. The molecule has 2 aliphatic heterocycles. The lowest BCUT2D eigenvalue weighted by Gasteiger charge is -2.48. The lowest BCUT2D eigenvalue weighted by Crippen LogP contribution is -2.58. The van der Waals surface area contributed by atoms with Gasteiger partial charge in [0.15, 0.2) is 0 Å². The number of nitriles is 1. The van der Waals surface area contributed by atoms with Gasteiger partial charge in [0.25, 0.3) is 5.91 Å². The third-order valence-corrected chi connectivity index (χ3v) is 6.10. The van der Waals surface area contributed by atoms with Crippen molar-refractivity contribution in [3.8, 4) is 6.07 Å². The Bertz CT molecular complexity index is 789. The fourth-order valence-corrected chi connectivity index (χ4v) is 4.41. The molecule has 1 aromatic rings. The Morgan fingerprint density at radius 2 is 2.11 bits per heavy atom. The molecule has 7 nitrogen and oxygen atoms in total. The SMILES string of the molecule is N#Cc1cc(C(=O)N2CCC3(CC2)CC(O)CN(CC2CC2)C3=O)ccn1. The van der Waals surface area contributed by atoms with Crippen molar-refractivity contribution in [2.24, 2.45) is 11.3 Å². The summed E-state index contributed by atoms with van der Waals surface area (Å²) < 4.78 is 0. The van der Waals surface area contributed by atoms with Gasteiger partial charge in [0.05, 0.1) is 11.5 Å². The largest absolute Gasteiger partial charge is 0.391 e. The number of nitrogens with zero attached hydrogens (tertiary/aromatic N) is 4. The van der Waals surface area contributed by atoms with Crippen LogP contribution in [0.1, 0.15) is 48.2 Å². The molecular weight excluding hydrogens is 344 g/mol. The number of aromatic nitrogens is 1. The molecule has 0 bridgehead atoms. The fraction of sp³-hybridized carbons (Fsp3) is 0.600. The summed E-state index contributed by atoms with van der Waals surface area (Å²) in [5, 5.41) is 19.3. The molecule has 1 saturated carbocycles. The Labute approximate surface area is 158 Å². The molecule has 7 heteroatoms. The van der Waals surface area contributed by atoms with E-state index in [1.807, 2.05) is 11.0 Å². The second-order valence-corrected chi connectivity index (χ2v) is 8.13. The second-order valence-electron chi connectivity index (χ2n) is 8.13. The molecule has 0 aromatic carbocycles. The van der Waals surface area contributed by atoms with E-state index in [9.17, 15) is 14.7 Å². The molecule has 3 heterocycles. The van der Waals surface area contributed by atoms with E-state index in [-0.39, 0.29) is 17.5 Å². The summed E-state index contributed by atoms with van der Waals surface area (Å²) >= 11 is 0. The van der Waals surface area contributed by atoms with Gasteiger partial charge in [-0.25, -0.2) is 4.98 Å². The van der Waals surface area contributed by atoms with Crippen molar-refractivity contribution in [3.05, 3.63) is 29.6 Å². The number of aliphatic hydroxyl groups is 1. The number of hydrogen-bond donors (Lipinski definition) is 1. The molecule has 27 heavy (non-hydrogen) atoms. The number of hydrogen-bond acceptors (Lipinski definition) is 5. The summed E-state index contributed by atoms with van der Waals surface area (Å²) in [4.78, 5) is 33.3. The predicted octanol–water partition coefficient (Wildman–Crippen LogP) is 1.18. The molecule has 4 rings (SSSR count). The first kappa shape index (κ1) is 17.9. The summed E-state index contributed by atoms with van der Waals surface area (Å²) in [6.45, 7) is 2.17. The number of aliphatic hydroxyl groups excluding tert-OH is 1. The van der Waals surface area contributed by atoms with Gasteiger partial charge >= 0.3 is 0 Å². The van der Waals surface area contributed by atoms with E-state index in [4.69, 9.17) is 5.26 Å². The van der Waals surface area contributed by atoms with Crippen molar-refractivity contribution < 1.29 is 14.7 Å². The Kier molecular flexibility index (Phi) is 4.60. The average Bonchev–Trinajstić information content (AvgIpc) is 3.50. The minimum atomic E-state index is -0.542. The number of β-amino-alcohol motifs (C(OH)–C–C–N with tert-alkyl or cyclic N) is 1. The summed E-state index contributed by atoms with van der Waals surface area (Å²) in [5.41, 5.74) is 0.123. The molecule has 1 atom stereocenters. The molecule has 1 spiro atoms. The van der Waals surface area contributed by atoms with E-state index in [0.717, 1.165) is 6.54 Å². The molecule has 1 aromatic heterocycles. The average molecular weight is 368 g/mol. The first-order valence-electron chi connectivity index (χ1n) is 9.64. The van der Waals surface area contributed by atoms with Crippen LogP contribution >= 0.6 is 0 Å². The Hall–Kier alpha value is -2.46. The normalized spacial score (nSPS) is 24.7. The van der Waals surface area contributed by atoms with Gasteiger partial charge in [-0.15, -0.1) is 0 Å². The second kappa shape index (κ2) is 6.93. The minimum Gasteiger partial charge on any atom is -0.391 e. The van der Waals surface area contributed by atoms with Gasteiger partial charge in [-0.1, -0.05) is 0 Å². The quantitative estimate of drug-likeness (QED) is 0.864. The lowest BCUT2D eigenvalue weighted by atomic mass is 9.70. The maximum Gasteiger partial charge on any atom is 0.254 e. The van der Waals surface area contributed by atoms with Crippen molar-refractivity contribution in [1.29, 1.82) is 5.26 Å². The van der Waals surface area contributed by atoms with E-state index in [1.54, 1.807) is 11.0 Å². The van der Waals surface area contributed by atoms with Crippen LogP contribution in [0.15, 0.2) is 18.3 Å². The van der Waals surface area contributed by atoms with Crippen molar-refractivity contribution in [2.45, 2.75) is 38.2 Å². The topological polar surface area (TPSA) is 97.5 Å². The maximum atomic E-state index is 13.1. The maximum absolute atomic E-state index is 13.1. The van der Waals surface area contributed by atoms with E-state index in [2.05, 4.69) is 4.98 Å². The molecule has 2 saturated heterocycles. The van der Waals surface area contributed by atoms with Crippen LogP contribution in [0.2, 0.25) is 0 Å². The zero-order valence-corrected chi connectivity index (χ0v) is 15.3. The highest BCUT2D eigenvalue weighted by atomic mass is 16.3. The first-order valence-corrected chi connectivity index (χ1v) is 9.64. The van der Waals surface area contributed by atoms with Crippen molar-refractivity contribution in [2.75, 3.05) is 26.2 Å². The van der Waals surface area contributed by atoms with Crippen molar-refractivity contribution >= 4 is 11.8 Å². The first-order chi connectivity index (χ1) is 13.0. The third kappa shape index (κ3) is 3.54. The van der Waals surface area contributed by atoms with Gasteiger partial charge in [0.2, 0.25) is 5.91 Å². The summed E-state index contributed by atoms with van der Waals surface area (Å²) in [6.07, 6.45) is 4.97. The monoisotopic (exact) mass is 368 g/mol. The Balaban J connectivity index is 1.44. The van der Waals surface area contributed by atoms with Crippen LogP contribution in [0, 0.1) is 22.7 Å². The summed E-state index contributed by atoms with van der Waals surface area (Å²) in [5.74, 6) is 0.615. The van der Waals surface area contributed by atoms with E-state index >= 15 is 0 Å². The van der Waals surface area contributed by atoms with E-state index in [1.165, 1.54) is 25.1 Å². The zero-order valence-electron chi connectivity index (χ0n) is 15.3. The highest BCUT2D eigenvalue weighted by molar-refractivity contribution is 5.94. The van der Waals surface area contributed by atoms with Crippen LogP contribution in [0.5, 0.6) is 0 Å². The van der Waals surface area contributed by atoms with Crippen LogP contribution in [0.4, 0.5) is 0 Å². The zero-order chi connectivity index (χ0) is 19.0. The molecule has 1 N–H and O–H groups in total. The molecule has 0 radical (unpaired) electrons. The molecule has 142 valence electrons. The molecule has 2 amide bonds. The van der Waals surface area contributed by atoms with E-state index < -0.39 is 11.5 Å². The lowest BCUT2D eigenvalue weighted by molar-refractivity contribution is -0.156. The smallest absolute Gasteiger partial charge is 0.254 e. The van der Waals surface area contributed by atoms with Gasteiger partial charge in [-0.2, -0.15) is 5.26 Å². The fourth-order valence-electron chi connectivity index (χ4n) is 4.41. The van der Waals surface area contributed by atoms with Gasteiger partial charge in [-0.3, -0.25) is 9.59 Å². The minimum absolute atomic E-state index is 0.137. The Morgan fingerprint density at radius 3 is 2.78 bits per heavy atom. The number of carbonyl (C=O) groups excluding carboxylic acids is 2. The van der Waals surface area contributed by atoms with Crippen LogP contribution in [-0.2, 0) is 4.79 Å². The number of carbonyl (C=O) groups is 2. The van der Waals surface area contributed by atoms with Gasteiger partial charge in [0, 0.05) is 37.9 Å².